The van der Waals surface area contributed by atoms with Crippen LogP contribution >= 0.6 is 0 Å². The molecular weight excluding hydrogens is 256 g/mol. The second-order valence-electron chi connectivity index (χ2n) is 5.15. The predicted octanol–water partition coefficient (Wildman–Crippen LogP) is 1.21. The number of rotatable bonds is 5. The summed E-state index contributed by atoms with van der Waals surface area (Å²) in [6, 6.07) is 9.28. The molecule has 0 aromatic heterocycles. The molecule has 0 spiro atoms. The Balaban J connectivity index is 1.87. The number of nitrogens with zero attached hydrogens (tertiary/aromatic N) is 1. The Hall–Kier alpha value is -1.88. The van der Waals surface area contributed by atoms with Gasteiger partial charge in [0, 0.05) is 25.2 Å². The largest absolute Gasteiger partial charge is 0.480 e. The normalized spacial score (nSPS) is 18.8. The Labute approximate surface area is 118 Å². The smallest absolute Gasteiger partial charge is 0.317 e. The van der Waals surface area contributed by atoms with E-state index < -0.39 is 5.97 Å². The third-order valence-corrected chi connectivity index (χ3v) is 3.54. The van der Waals surface area contributed by atoms with Crippen LogP contribution in [0.15, 0.2) is 30.3 Å². The van der Waals surface area contributed by atoms with E-state index in [4.69, 9.17) is 5.11 Å². The second-order valence-corrected chi connectivity index (χ2v) is 5.15. The van der Waals surface area contributed by atoms with Gasteiger partial charge in [0.1, 0.15) is 0 Å². The quantitative estimate of drug-likeness (QED) is 0.848. The topological polar surface area (TPSA) is 69.6 Å². The van der Waals surface area contributed by atoms with Crippen molar-refractivity contribution in [1.82, 2.24) is 10.2 Å². The maximum absolute atomic E-state index is 12.3. The summed E-state index contributed by atoms with van der Waals surface area (Å²) in [6.45, 7) is 2.09. The highest BCUT2D eigenvalue weighted by Gasteiger charge is 2.24. The fourth-order valence-corrected chi connectivity index (χ4v) is 2.56. The van der Waals surface area contributed by atoms with Crippen LogP contribution in [0.5, 0.6) is 0 Å². The van der Waals surface area contributed by atoms with Crippen molar-refractivity contribution in [2.75, 3.05) is 26.2 Å². The molecule has 1 aliphatic heterocycles. The minimum Gasteiger partial charge on any atom is -0.480 e. The first-order chi connectivity index (χ1) is 9.66. The van der Waals surface area contributed by atoms with Gasteiger partial charge in [0.05, 0.1) is 6.54 Å². The maximum atomic E-state index is 12.3. The number of hydrogen-bond acceptors (Lipinski definition) is 3. The fraction of sp³-hybridized carbons (Fsp3) is 0.467. The average Bonchev–Trinajstić information content (AvgIpc) is 2.47. The van der Waals surface area contributed by atoms with Gasteiger partial charge in [0.2, 0.25) is 0 Å². The lowest BCUT2D eigenvalue weighted by molar-refractivity contribution is -0.136. The van der Waals surface area contributed by atoms with Gasteiger partial charge in [-0.1, -0.05) is 18.2 Å². The number of benzene rings is 1. The molecule has 1 fully saturated rings. The van der Waals surface area contributed by atoms with Gasteiger partial charge in [-0.3, -0.25) is 9.59 Å². The Morgan fingerprint density at radius 2 is 2.05 bits per heavy atom. The molecule has 2 rings (SSSR count). The van der Waals surface area contributed by atoms with E-state index in [0.29, 0.717) is 24.6 Å². The van der Waals surface area contributed by atoms with Crippen LogP contribution in [-0.2, 0) is 4.79 Å². The molecule has 1 heterocycles. The van der Waals surface area contributed by atoms with E-state index in [0.717, 1.165) is 19.4 Å². The summed E-state index contributed by atoms with van der Waals surface area (Å²) in [5.41, 5.74) is 0.714. The molecule has 1 aliphatic rings. The van der Waals surface area contributed by atoms with Crippen LogP contribution in [0.25, 0.3) is 0 Å². The van der Waals surface area contributed by atoms with E-state index in [1.54, 1.807) is 0 Å². The van der Waals surface area contributed by atoms with Gasteiger partial charge < -0.3 is 15.3 Å². The highest BCUT2D eigenvalue weighted by Crippen LogP contribution is 2.18. The van der Waals surface area contributed by atoms with E-state index in [2.05, 4.69) is 5.32 Å². The third kappa shape index (κ3) is 4.06. The van der Waals surface area contributed by atoms with Gasteiger partial charge >= 0.3 is 5.97 Å². The van der Waals surface area contributed by atoms with Crippen LogP contribution in [0.4, 0.5) is 0 Å². The number of likely N-dealkylation sites (tertiary alicyclic amines) is 1. The highest BCUT2D eigenvalue weighted by molar-refractivity contribution is 5.94. The van der Waals surface area contributed by atoms with Crippen LogP contribution in [-0.4, -0.2) is 48.1 Å². The van der Waals surface area contributed by atoms with E-state index in [1.807, 2.05) is 35.2 Å². The second kappa shape index (κ2) is 7.05. The highest BCUT2D eigenvalue weighted by atomic mass is 16.4. The van der Waals surface area contributed by atoms with Crippen LogP contribution in [0.1, 0.15) is 23.2 Å². The van der Waals surface area contributed by atoms with Crippen molar-refractivity contribution in [2.45, 2.75) is 12.8 Å². The van der Waals surface area contributed by atoms with Crippen molar-refractivity contribution in [3.8, 4) is 0 Å². The molecule has 108 valence electrons. The van der Waals surface area contributed by atoms with Gasteiger partial charge in [0.15, 0.2) is 0 Å². The molecule has 2 N–H and O–H groups in total. The molecule has 0 bridgehead atoms. The first kappa shape index (κ1) is 14.5. The zero-order valence-corrected chi connectivity index (χ0v) is 11.4. The molecular formula is C15H20N2O3. The molecule has 0 radical (unpaired) electrons. The van der Waals surface area contributed by atoms with E-state index in [1.165, 1.54) is 0 Å². The molecule has 0 saturated carbocycles. The molecule has 1 atom stereocenters. The number of amides is 1. The average molecular weight is 276 g/mol. The summed E-state index contributed by atoms with van der Waals surface area (Å²) in [7, 11) is 0. The van der Waals surface area contributed by atoms with Crippen LogP contribution in [0.2, 0.25) is 0 Å². The number of piperidine rings is 1. The first-order valence-corrected chi connectivity index (χ1v) is 6.93. The Kier molecular flexibility index (Phi) is 5.12. The van der Waals surface area contributed by atoms with Crippen molar-refractivity contribution in [2.24, 2.45) is 5.92 Å². The van der Waals surface area contributed by atoms with Gasteiger partial charge in [-0.15, -0.1) is 0 Å². The van der Waals surface area contributed by atoms with Gasteiger partial charge in [-0.25, -0.2) is 0 Å². The summed E-state index contributed by atoms with van der Waals surface area (Å²) in [4.78, 5) is 24.7. The molecule has 5 heteroatoms. The van der Waals surface area contributed by atoms with Crippen LogP contribution in [0.3, 0.4) is 0 Å². The molecule has 1 aromatic rings. The molecule has 1 unspecified atom stereocenters. The lowest BCUT2D eigenvalue weighted by Crippen LogP contribution is -2.43. The third-order valence-electron chi connectivity index (χ3n) is 3.54. The Morgan fingerprint density at radius 3 is 2.75 bits per heavy atom. The van der Waals surface area contributed by atoms with Gasteiger partial charge in [-0.2, -0.15) is 0 Å². The number of carbonyl (C=O) groups is 2. The molecule has 20 heavy (non-hydrogen) atoms. The van der Waals surface area contributed by atoms with Crippen LogP contribution in [0, 0.1) is 5.92 Å². The lowest BCUT2D eigenvalue weighted by Gasteiger charge is -2.33. The van der Waals surface area contributed by atoms with Crippen molar-refractivity contribution in [3.63, 3.8) is 0 Å². The fourth-order valence-electron chi connectivity index (χ4n) is 2.56. The van der Waals surface area contributed by atoms with Crippen molar-refractivity contribution < 1.29 is 14.7 Å². The standard InChI is InChI=1S/C15H20N2O3/c18-14(19)10-16-9-12-5-4-8-17(11-12)15(20)13-6-2-1-3-7-13/h1-3,6-7,12,16H,4-5,8-11H2,(H,18,19). The zero-order chi connectivity index (χ0) is 14.4. The minimum atomic E-state index is -0.849. The van der Waals surface area contributed by atoms with Crippen LogP contribution < -0.4 is 5.32 Å². The number of hydrogen-bond donors (Lipinski definition) is 2. The number of carboxylic acid groups (broad SMARTS) is 1. The predicted molar refractivity (Wildman–Crippen MR) is 75.6 cm³/mol. The van der Waals surface area contributed by atoms with E-state index in [9.17, 15) is 9.59 Å². The van der Waals surface area contributed by atoms with E-state index in [-0.39, 0.29) is 12.5 Å². The van der Waals surface area contributed by atoms with Crippen molar-refractivity contribution in [3.05, 3.63) is 35.9 Å². The molecule has 1 aromatic carbocycles. The van der Waals surface area contributed by atoms with Crippen molar-refractivity contribution in [1.29, 1.82) is 0 Å². The number of nitrogens with one attached hydrogen (secondary N) is 1. The monoisotopic (exact) mass is 276 g/mol. The number of aliphatic carboxylic acids is 1. The summed E-state index contributed by atoms with van der Waals surface area (Å²) in [5, 5.41) is 11.5. The summed E-state index contributed by atoms with van der Waals surface area (Å²) >= 11 is 0. The first-order valence-electron chi connectivity index (χ1n) is 6.93. The van der Waals surface area contributed by atoms with Crippen molar-refractivity contribution >= 4 is 11.9 Å². The molecule has 5 nitrogen and oxygen atoms in total. The lowest BCUT2D eigenvalue weighted by atomic mass is 9.97. The Bertz CT molecular complexity index is 461. The number of carbonyl (C=O) groups excluding carboxylic acids is 1. The zero-order valence-electron chi connectivity index (χ0n) is 11.4. The molecule has 1 amide bonds. The molecule has 0 aliphatic carbocycles. The summed E-state index contributed by atoms with van der Waals surface area (Å²) in [6.07, 6.45) is 2.00. The van der Waals surface area contributed by atoms with E-state index >= 15 is 0 Å². The van der Waals surface area contributed by atoms with Gasteiger partial charge in [-0.05, 0) is 30.9 Å². The summed E-state index contributed by atoms with van der Waals surface area (Å²) in [5.74, 6) is -0.456. The molecule has 1 saturated heterocycles. The maximum Gasteiger partial charge on any atom is 0.317 e. The summed E-state index contributed by atoms with van der Waals surface area (Å²) < 4.78 is 0. The SMILES string of the molecule is O=C(O)CNCC1CCCN(C(=O)c2ccccc2)C1. The Morgan fingerprint density at radius 1 is 1.30 bits per heavy atom. The number of carboxylic acids is 1. The van der Waals surface area contributed by atoms with Gasteiger partial charge in [0.25, 0.3) is 5.91 Å². The minimum absolute atomic E-state index is 0.0247.